The van der Waals surface area contributed by atoms with Crippen LogP contribution in [0.2, 0.25) is 0 Å². The molecule has 0 bridgehead atoms. The van der Waals surface area contributed by atoms with E-state index in [-0.39, 0.29) is 29.9 Å². The first kappa shape index (κ1) is 17.0. The first-order chi connectivity index (χ1) is 12.5. The van der Waals surface area contributed by atoms with Gasteiger partial charge in [-0.15, -0.1) is 0 Å². The van der Waals surface area contributed by atoms with Crippen LogP contribution in [0.25, 0.3) is 11.5 Å². The van der Waals surface area contributed by atoms with Gasteiger partial charge < -0.3 is 19.5 Å². The first-order valence-electron chi connectivity index (χ1n) is 8.80. The first-order valence-corrected chi connectivity index (χ1v) is 8.80. The van der Waals surface area contributed by atoms with Gasteiger partial charge in [-0.1, -0.05) is 0 Å². The Hall–Kier alpha value is -2.48. The molecule has 1 atom stereocenters. The van der Waals surface area contributed by atoms with Gasteiger partial charge in [-0.3, -0.25) is 4.79 Å². The van der Waals surface area contributed by atoms with Gasteiger partial charge in [0.1, 0.15) is 5.69 Å². The maximum Gasteiger partial charge on any atom is 0.254 e. The van der Waals surface area contributed by atoms with Crippen molar-refractivity contribution in [2.75, 3.05) is 32.1 Å². The summed E-state index contributed by atoms with van der Waals surface area (Å²) in [5.41, 5.74) is 0.944. The van der Waals surface area contributed by atoms with Crippen LogP contribution in [-0.2, 0) is 6.54 Å². The van der Waals surface area contributed by atoms with Crippen LogP contribution in [0.15, 0.2) is 10.6 Å². The van der Waals surface area contributed by atoms with Gasteiger partial charge in [0, 0.05) is 38.7 Å². The smallest absolute Gasteiger partial charge is 0.254 e. The van der Waals surface area contributed by atoms with Crippen molar-refractivity contribution in [2.24, 2.45) is 0 Å². The Bertz CT molecular complexity index is 866. The minimum Gasteiger partial charge on any atom is -0.439 e. The Labute approximate surface area is 151 Å². The van der Waals surface area contributed by atoms with Crippen molar-refractivity contribution < 1.29 is 13.6 Å². The second-order valence-corrected chi connectivity index (χ2v) is 7.05. The van der Waals surface area contributed by atoms with E-state index in [1.807, 2.05) is 11.9 Å². The maximum absolute atomic E-state index is 15.2. The number of piperidine rings is 1. The predicted molar refractivity (Wildman–Crippen MR) is 94.5 cm³/mol. The number of nitrogens with one attached hydrogen (secondary N) is 1. The summed E-state index contributed by atoms with van der Waals surface area (Å²) in [4.78, 5) is 25.0. The highest BCUT2D eigenvalue weighted by Crippen LogP contribution is 2.35. The number of hydrogen-bond donors (Lipinski definition) is 1. The van der Waals surface area contributed by atoms with Crippen LogP contribution >= 0.6 is 0 Å². The average Bonchev–Trinajstić information content (AvgIpc) is 3.22. The highest BCUT2D eigenvalue weighted by atomic mass is 19.1. The van der Waals surface area contributed by atoms with E-state index in [9.17, 15) is 4.79 Å². The zero-order valence-corrected chi connectivity index (χ0v) is 15.2. The molecule has 1 amide bonds. The Morgan fingerprint density at radius 2 is 2.27 bits per heavy atom. The summed E-state index contributed by atoms with van der Waals surface area (Å²) in [5, 5.41) is 2.69. The third-order valence-electron chi connectivity index (χ3n) is 5.21. The number of rotatable bonds is 3. The summed E-state index contributed by atoms with van der Waals surface area (Å²) in [6.45, 7) is 3.78. The molecule has 1 N–H and O–H groups in total. The van der Waals surface area contributed by atoms with Gasteiger partial charge in [-0.2, -0.15) is 0 Å². The number of aromatic nitrogens is 2. The van der Waals surface area contributed by atoms with Gasteiger partial charge in [-0.25, -0.2) is 14.4 Å². The Kier molecular flexibility index (Phi) is 4.14. The largest absolute Gasteiger partial charge is 0.439 e. The summed E-state index contributed by atoms with van der Waals surface area (Å²) < 4.78 is 20.8. The molecule has 0 aromatic carbocycles. The van der Waals surface area contributed by atoms with E-state index in [0.29, 0.717) is 22.9 Å². The molecule has 4 heterocycles. The van der Waals surface area contributed by atoms with E-state index in [1.165, 1.54) is 6.20 Å². The Morgan fingerprint density at radius 3 is 2.96 bits per heavy atom. The summed E-state index contributed by atoms with van der Waals surface area (Å²) in [7, 11) is 3.93. The summed E-state index contributed by atoms with van der Waals surface area (Å²) >= 11 is 0. The number of hydrogen-bond acceptors (Lipinski definition) is 6. The molecule has 2 aromatic rings. The third kappa shape index (κ3) is 2.74. The molecule has 138 valence electrons. The lowest BCUT2D eigenvalue weighted by Gasteiger charge is -2.36. The number of nitrogens with zero attached hydrogens (tertiary/aromatic N) is 4. The monoisotopic (exact) mass is 359 g/mol. The molecular weight excluding hydrogens is 337 g/mol. The zero-order valence-electron chi connectivity index (χ0n) is 15.2. The fourth-order valence-corrected chi connectivity index (χ4v) is 3.78. The molecule has 2 aliphatic heterocycles. The number of fused-ring (bicyclic) bond motifs is 1. The van der Waals surface area contributed by atoms with E-state index < -0.39 is 5.82 Å². The number of carbonyl (C=O) groups is 1. The SMILES string of the molecule is Cc1ncc(-c2nc(N(C)[C@@H]3CCCN(C)C3)c(F)c3c2C(=O)NC3)o1. The highest BCUT2D eigenvalue weighted by molar-refractivity contribution is 6.03. The van der Waals surface area contributed by atoms with Crippen molar-refractivity contribution in [3.63, 3.8) is 0 Å². The minimum atomic E-state index is -0.436. The number of anilines is 1. The summed E-state index contributed by atoms with van der Waals surface area (Å²) in [6.07, 6.45) is 3.57. The number of halogens is 1. The second kappa shape index (κ2) is 6.35. The number of pyridine rings is 1. The van der Waals surface area contributed by atoms with E-state index >= 15 is 4.39 Å². The molecule has 1 fully saturated rings. The lowest BCUT2D eigenvalue weighted by Crippen LogP contribution is -2.45. The molecule has 0 spiro atoms. The highest BCUT2D eigenvalue weighted by Gasteiger charge is 2.34. The van der Waals surface area contributed by atoms with Gasteiger partial charge in [-0.05, 0) is 26.4 Å². The number of oxazole rings is 1. The lowest BCUT2D eigenvalue weighted by molar-refractivity contribution is 0.0966. The van der Waals surface area contributed by atoms with Gasteiger partial charge >= 0.3 is 0 Å². The lowest BCUT2D eigenvalue weighted by atomic mass is 10.0. The van der Waals surface area contributed by atoms with Crippen molar-refractivity contribution in [1.82, 2.24) is 20.2 Å². The van der Waals surface area contributed by atoms with E-state index in [1.54, 1.807) is 6.92 Å². The normalized spacial score (nSPS) is 20.2. The molecule has 4 rings (SSSR count). The van der Waals surface area contributed by atoms with Crippen molar-refractivity contribution in [2.45, 2.75) is 32.4 Å². The molecule has 2 aromatic heterocycles. The van der Waals surface area contributed by atoms with Crippen LogP contribution in [0.1, 0.15) is 34.7 Å². The molecule has 8 heteroatoms. The van der Waals surface area contributed by atoms with Gasteiger partial charge in [0.2, 0.25) is 0 Å². The molecule has 1 saturated heterocycles. The van der Waals surface area contributed by atoms with E-state index in [4.69, 9.17) is 4.42 Å². The predicted octanol–water partition coefficient (Wildman–Crippen LogP) is 1.96. The van der Waals surface area contributed by atoms with Crippen LogP contribution in [0, 0.1) is 12.7 Å². The molecule has 0 radical (unpaired) electrons. The van der Waals surface area contributed by atoms with E-state index in [2.05, 4.69) is 27.2 Å². The standard InChI is InChI=1S/C18H22FN5O2/c1-10-20-8-13(26-10)16-14-12(7-21-18(14)25)15(19)17(22-16)24(3)11-5-4-6-23(2)9-11/h8,11H,4-7,9H2,1-3H3,(H,21,25)/t11-/m1/s1. The van der Waals surface area contributed by atoms with Crippen LogP contribution in [0.4, 0.5) is 10.2 Å². The van der Waals surface area contributed by atoms with E-state index in [0.717, 1.165) is 25.9 Å². The summed E-state index contributed by atoms with van der Waals surface area (Å²) in [5.74, 6) is 0.342. The quantitative estimate of drug-likeness (QED) is 0.903. The fourth-order valence-electron chi connectivity index (χ4n) is 3.78. The number of carbonyl (C=O) groups excluding carboxylic acids is 1. The van der Waals surface area contributed by atoms with Crippen molar-refractivity contribution >= 4 is 11.7 Å². The topological polar surface area (TPSA) is 74.5 Å². The number of aryl methyl sites for hydroxylation is 1. The minimum absolute atomic E-state index is 0.161. The van der Waals surface area contributed by atoms with Crippen molar-refractivity contribution in [3.05, 3.63) is 29.0 Å². The van der Waals surface area contributed by atoms with Crippen molar-refractivity contribution in [3.8, 4) is 11.5 Å². The number of amides is 1. The molecule has 0 unspecified atom stereocenters. The molecular formula is C18H22FN5O2. The van der Waals surface area contributed by atoms with Gasteiger partial charge in [0.15, 0.2) is 23.3 Å². The molecule has 26 heavy (non-hydrogen) atoms. The second-order valence-electron chi connectivity index (χ2n) is 7.05. The number of likely N-dealkylation sites (tertiary alicyclic amines) is 1. The van der Waals surface area contributed by atoms with Crippen LogP contribution in [-0.4, -0.2) is 54.0 Å². The van der Waals surface area contributed by atoms with Gasteiger partial charge in [0.25, 0.3) is 5.91 Å². The Balaban J connectivity index is 1.82. The average molecular weight is 359 g/mol. The van der Waals surface area contributed by atoms with Gasteiger partial charge in [0.05, 0.1) is 11.8 Å². The number of likely N-dealkylation sites (N-methyl/N-ethyl adjacent to an activating group) is 2. The molecule has 2 aliphatic rings. The Morgan fingerprint density at radius 1 is 1.46 bits per heavy atom. The van der Waals surface area contributed by atoms with Crippen LogP contribution in [0.3, 0.4) is 0 Å². The molecule has 7 nitrogen and oxygen atoms in total. The zero-order chi connectivity index (χ0) is 18.4. The van der Waals surface area contributed by atoms with Crippen LogP contribution in [0.5, 0.6) is 0 Å². The molecule has 0 aliphatic carbocycles. The third-order valence-corrected chi connectivity index (χ3v) is 5.21. The van der Waals surface area contributed by atoms with Crippen molar-refractivity contribution in [1.29, 1.82) is 0 Å². The van der Waals surface area contributed by atoms with Crippen LogP contribution < -0.4 is 10.2 Å². The maximum atomic E-state index is 15.2. The molecule has 0 saturated carbocycles. The summed E-state index contributed by atoms with van der Waals surface area (Å²) in [6, 6.07) is 0.170. The fraction of sp³-hybridized carbons (Fsp3) is 0.500.